The van der Waals surface area contributed by atoms with Crippen molar-refractivity contribution in [1.82, 2.24) is 0 Å². The van der Waals surface area contributed by atoms with E-state index >= 15 is 0 Å². The smallest absolute Gasteiger partial charge is 0.252 e. The molecule has 0 spiro atoms. The number of thiophene rings is 1. The number of anilines is 10. The van der Waals surface area contributed by atoms with Crippen LogP contribution >= 0.6 is 11.3 Å². The van der Waals surface area contributed by atoms with Gasteiger partial charge in [-0.3, -0.25) is 0 Å². The standard InChI is InChI=1S/C86H75BN4OS/c1-82(2,3)58-38-43-69-65(50-58)84(5)45-19-20-46-85(84,6)90(69)59-39-41-67-73(51-59)89(71-32-22-30-62-61-28-15-17-35-78(61)93-81(62)71)75-53-60(91-68-42-37-56(54-24-10-8-11-25-54)48-64(68)83(4)44-18-21-47-86(83,91)7)52-74-80(75)87(67)66-40-36-57(55-26-12-9-13-27-55)49-72(66)88(74)70-31-23-34-77-79(70)63-29-14-16-33-76(63)92-77/h8-17,22-43,48-53H,18-21,44-47H2,1-7H3. The number of nitrogens with zero attached hydrogens (tertiary/aromatic N) is 4. The van der Waals surface area contributed by atoms with Gasteiger partial charge in [0.05, 0.1) is 32.5 Å². The fourth-order valence-electron chi connectivity index (χ4n) is 19.0. The second-order valence-electron chi connectivity index (χ2n) is 29.8. The Hall–Kier alpha value is -9.30. The molecule has 2 aliphatic carbocycles. The topological polar surface area (TPSA) is 26.1 Å². The molecule has 6 aliphatic rings. The first kappa shape index (κ1) is 55.4. The van der Waals surface area contributed by atoms with Crippen LogP contribution in [0, 0.1) is 0 Å². The van der Waals surface area contributed by atoms with Gasteiger partial charge in [-0.1, -0.05) is 212 Å². The van der Waals surface area contributed by atoms with Crippen molar-refractivity contribution in [3.05, 3.63) is 247 Å². The molecule has 19 rings (SSSR count). The van der Waals surface area contributed by atoms with Gasteiger partial charge in [0.1, 0.15) is 11.2 Å². The molecule has 93 heavy (non-hydrogen) atoms. The summed E-state index contributed by atoms with van der Waals surface area (Å²) in [6.07, 6.45) is 9.30. The zero-order valence-corrected chi connectivity index (χ0v) is 55.1. The fraction of sp³-hybridized carbons (Fsp3) is 0.233. The summed E-state index contributed by atoms with van der Waals surface area (Å²) in [7, 11) is 0. The van der Waals surface area contributed by atoms with Crippen molar-refractivity contribution in [3.63, 3.8) is 0 Å². The van der Waals surface area contributed by atoms with Crippen LogP contribution in [0.25, 0.3) is 64.4 Å². The van der Waals surface area contributed by atoms with Gasteiger partial charge in [-0.2, -0.15) is 0 Å². The molecular formula is C86H75BN4OS. The number of hydrogen-bond acceptors (Lipinski definition) is 6. The van der Waals surface area contributed by atoms with Gasteiger partial charge in [-0.15, -0.1) is 11.3 Å². The van der Waals surface area contributed by atoms with Crippen molar-refractivity contribution in [2.45, 2.75) is 127 Å². The van der Waals surface area contributed by atoms with E-state index in [9.17, 15) is 0 Å². The maximum Gasteiger partial charge on any atom is 0.252 e. The maximum atomic E-state index is 6.88. The summed E-state index contributed by atoms with van der Waals surface area (Å²) >= 11 is 1.93. The van der Waals surface area contributed by atoms with Crippen molar-refractivity contribution in [3.8, 4) is 22.3 Å². The second kappa shape index (κ2) is 19.6. The highest BCUT2D eigenvalue weighted by atomic mass is 32.1. The molecule has 0 amide bonds. The van der Waals surface area contributed by atoms with Crippen LogP contribution in [0.1, 0.15) is 117 Å². The van der Waals surface area contributed by atoms with E-state index in [4.69, 9.17) is 4.42 Å². The molecule has 454 valence electrons. The lowest BCUT2D eigenvalue weighted by Gasteiger charge is -2.51. The Morgan fingerprint density at radius 1 is 0.398 bits per heavy atom. The first-order chi connectivity index (χ1) is 45.2. The largest absolute Gasteiger partial charge is 0.456 e. The van der Waals surface area contributed by atoms with Gasteiger partial charge >= 0.3 is 0 Å². The molecule has 0 saturated heterocycles. The van der Waals surface area contributed by atoms with Crippen LogP contribution in [0.15, 0.2) is 235 Å². The Balaban J connectivity index is 0.946. The lowest BCUT2D eigenvalue weighted by Crippen LogP contribution is -2.61. The predicted octanol–water partition coefficient (Wildman–Crippen LogP) is 22.2. The lowest BCUT2D eigenvalue weighted by atomic mass is 9.33. The average molecular weight is 1220 g/mol. The van der Waals surface area contributed by atoms with Crippen molar-refractivity contribution < 1.29 is 4.42 Å². The second-order valence-corrected chi connectivity index (χ2v) is 30.8. The van der Waals surface area contributed by atoms with E-state index in [1.807, 2.05) is 11.3 Å². The number of hydrogen-bond donors (Lipinski definition) is 0. The van der Waals surface area contributed by atoms with Crippen molar-refractivity contribution >= 4 is 133 Å². The highest BCUT2D eigenvalue weighted by Gasteiger charge is 2.60. The van der Waals surface area contributed by atoms with E-state index in [0.717, 1.165) is 46.9 Å². The van der Waals surface area contributed by atoms with Crippen LogP contribution in [-0.4, -0.2) is 17.8 Å². The van der Waals surface area contributed by atoms with Crippen molar-refractivity contribution in [2.24, 2.45) is 0 Å². The van der Waals surface area contributed by atoms with E-state index in [1.165, 1.54) is 159 Å². The van der Waals surface area contributed by atoms with Crippen molar-refractivity contribution in [2.75, 3.05) is 19.6 Å². The Morgan fingerprint density at radius 2 is 0.925 bits per heavy atom. The lowest BCUT2D eigenvalue weighted by molar-refractivity contribution is 0.195. The zero-order chi connectivity index (χ0) is 62.5. The molecule has 7 heteroatoms. The van der Waals surface area contributed by atoms with E-state index < -0.39 is 0 Å². The Morgan fingerprint density at radius 3 is 1.63 bits per heavy atom. The van der Waals surface area contributed by atoms with Gasteiger partial charge in [0.15, 0.2) is 0 Å². The summed E-state index contributed by atoms with van der Waals surface area (Å²) in [4.78, 5) is 11.1. The summed E-state index contributed by atoms with van der Waals surface area (Å²) in [5, 5.41) is 4.82. The monoisotopic (exact) mass is 1220 g/mol. The van der Waals surface area contributed by atoms with Crippen LogP contribution in [-0.2, 0) is 16.2 Å². The molecule has 4 atom stereocenters. The number of benzene rings is 11. The Labute approximate surface area is 550 Å². The summed E-state index contributed by atoms with van der Waals surface area (Å²) < 4.78 is 9.48. The Kier molecular flexibility index (Phi) is 11.7. The molecule has 0 radical (unpaired) electrons. The van der Waals surface area contributed by atoms with Crippen LogP contribution < -0.4 is 36.0 Å². The molecular weight excluding hydrogens is 1150 g/mol. The molecule has 2 fully saturated rings. The minimum atomic E-state index is -0.254. The minimum absolute atomic E-state index is 0.0245. The molecule has 2 aromatic heterocycles. The zero-order valence-electron chi connectivity index (χ0n) is 54.3. The van der Waals surface area contributed by atoms with E-state index in [1.54, 1.807) is 0 Å². The molecule has 4 aliphatic heterocycles. The average Bonchev–Trinajstić information content (AvgIpc) is 1.51. The van der Waals surface area contributed by atoms with E-state index in [0.29, 0.717) is 0 Å². The SMILES string of the molecule is CC(C)(C)c1ccc2c(c1)C1(C)CCCCC1(C)N2c1ccc2c(c1)N(c1cccc3c1sc1ccccc13)c1cc(N3c4ccc(-c5ccccc5)cc4C4(C)CCCCC34C)cc3c1B2c1ccc(-c2ccccc2)cc1N3c1cccc2oc3ccccc3c12. The fourth-order valence-corrected chi connectivity index (χ4v) is 20.2. The summed E-state index contributed by atoms with van der Waals surface area (Å²) in [5.41, 5.74) is 26.7. The van der Waals surface area contributed by atoms with Gasteiger partial charge in [0.2, 0.25) is 0 Å². The molecule has 11 aromatic carbocycles. The Bertz CT molecular complexity index is 5290. The molecule has 6 heterocycles. The highest BCUT2D eigenvalue weighted by molar-refractivity contribution is 7.26. The van der Waals surface area contributed by atoms with Gasteiger partial charge < -0.3 is 24.0 Å². The maximum absolute atomic E-state index is 6.88. The summed E-state index contributed by atoms with van der Waals surface area (Å²) in [5.74, 6) is 0. The third-order valence-corrected chi connectivity index (χ3v) is 25.3. The third-order valence-electron chi connectivity index (χ3n) is 24.1. The van der Waals surface area contributed by atoms with Gasteiger partial charge in [-0.25, -0.2) is 0 Å². The van der Waals surface area contributed by atoms with Crippen LogP contribution in [0.5, 0.6) is 0 Å². The normalized spacial score (nSPS) is 21.9. The predicted molar refractivity (Wildman–Crippen MR) is 396 cm³/mol. The van der Waals surface area contributed by atoms with Crippen LogP contribution in [0.4, 0.5) is 56.9 Å². The first-order valence-corrected chi connectivity index (χ1v) is 34.9. The van der Waals surface area contributed by atoms with Gasteiger partial charge in [0, 0.05) is 77.2 Å². The van der Waals surface area contributed by atoms with Crippen LogP contribution in [0.3, 0.4) is 0 Å². The molecule has 4 unspecified atom stereocenters. The van der Waals surface area contributed by atoms with Gasteiger partial charge in [0.25, 0.3) is 6.71 Å². The molecule has 13 aromatic rings. The number of fused-ring (bicyclic) bond motifs is 16. The quantitative estimate of drug-likeness (QED) is 0.155. The minimum Gasteiger partial charge on any atom is -0.456 e. The van der Waals surface area contributed by atoms with Gasteiger partial charge in [-0.05, 0) is 179 Å². The third kappa shape index (κ3) is 7.57. The molecule has 0 N–H and O–H groups in total. The number of furan rings is 1. The summed E-state index contributed by atoms with van der Waals surface area (Å²) in [6.45, 7) is 17.4. The van der Waals surface area contributed by atoms with E-state index in [-0.39, 0.29) is 34.0 Å². The molecule has 5 nitrogen and oxygen atoms in total. The molecule has 0 bridgehead atoms. The number of rotatable bonds is 6. The van der Waals surface area contributed by atoms with E-state index in [2.05, 4.69) is 299 Å². The van der Waals surface area contributed by atoms with Crippen LogP contribution in [0.2, 0.25) is 0 Å². The first-order valence-electron chi connectivity index (χ1n) is 34.1. The van der Waals surface area contributed by atoms with Crippen molar-refractivity contribution in [1.29, 1.82) is 0 Å². The molecule has 2 saturated carbocycles. The number of para-hydroxylation sites is 1. The highest BCUT2D eigenvalue weighted by Crippen LogP contribution is 2.65. The summed E-state index contributed by atoms with van der Waals surface area (Å²) in [6, 6.07) is 88.9.